The van der Waals surface area contributed by atoms with Crippen LogP contribution in [-0.4, -0.2) is 38.8 Å². The van der Waals surface area contributed by atoms with E-state index in [2.05, 4.69) is 31.0 Å². The molecule has 0 aliphatic carbocycles. The van der Waals surface area contributed by atoms with E-state index in [-0.39, 0.29) is 0 Å². The highest BCUT2D eigenvalue weighted by Crippen LogP contribution is 2.23. The van der Waals surface area contributed by atoms with E-state index in [0.717, 1.165) is 23.0 Å². The molecule has 1 aromatic heterocycles. The number of halogens is 1. The van der Waals surface area contributed by atoms with Gasteiger partial charge in [-0.05, 0) is 25.5 Å². The zero-order chi connectivity index (χ0) is 14.2. The van der Waals surface area contributed by atoms with E-state index in [1.165, 1.54) is 0 Å². The van der Waals surface area contributed by atoms with E-state index in [9.17, 15) is 5.11 Å². The molecular weight excluding hydrogens is 322 g/mol. The molecule has 106 valence electrons. The minimum atomic E-state index is -0.604. The lowest BCUT2D eigenvalue weighted by Gasteiger charge is -2.16. The van der Waals surface area contributed by atoms with Crippen LogP contribution < -0.4 is 0 Å². The largest absolute Gasteiger partial charge is 0.389 e. The highest BCUT2D eigenvalue weighted by Gasteiger charge is 2.32. The van der Waals surface area contributed by atoms with Crippen molar-refractivity contribution in [1.29, 1.82) is 0 Å². The Bertz CT molecular complexity index is 612. The number of aromatic nitrogens is 2. The smallest absolute Gasteiger partial charge is 0.241 e. The van der Waals surface area contributed by atoms with E-state index in [1.807, 2.05) is 31.2 Å². The van der Waals surface area contributed by atoms with Gasteiger partial charge in [0.25, 0.3) is 0 Å². The summed E-state index contributed by atoms with van der Waals surface area (Å²) in [6.45, 7) is 3.92. The van der Waals surface area contributed by atoms with Crippen LogP contribution in [0.2, 0.25) is 0 Å². The van der Waals surface area contributed by atoms with Gasteiger partial charge in [0.15, 0.2) is 0 Å². The molecule has 1 aromatic carbocycles. The van der Waals surface area contributed by atoms with Crippen molar-refractivity contribution >= 4 is 15.9 Å². The van der Waals surface area contributed by atoms with Crippen LogP contribution in [-0.2, 0) is 6.54 Å². The lowest BCUT2D eigenvalue weighted by atomic mass is 10.1. The number of rotatable bonds is 3. The molecule has 0 radical (unpaired) electrons. The fraction of sp³-hybridized carbons (Fsp3) is 0.429. The summed E-state index contributed by atoms with van der Waals surface area (Å²) < 4.78 is 6.27. The molecule has 6 heteroatoms. The number of hydrogen-bond donors (Lipinski definition) is 1. The lowest BCUT2D eigenvalue weighted by molar-refractivity contribution is 0.0665. The van der Waals surface area contributed by atoms with E-state index in [1.54, 1.807) is 0 Å². The minimum Gasteiger partial charge on any atom is -0.389 e. The maximum atomic E-state index is 9.94. The third-order valence-corrected chi connectivity index (χ3v) is 3.93. The van der Waals surface area contributed by atoms with Crippen LogP contribution in [0.4, 0.5) is 0 Å². The summed E-state index contributed by atoms with van der Waals surface area (Å²) in [5.41, 5.74) is 0.315. The molecule has 0 saturated carbocycles. The standard InChI is InChI=1S/C14H16BrN3O2/c1-14(19)5-6-18(9-14)8-12-16-13(17-20-12)10-3-2-4-11(15)7-10/h2-4,7,19H,5-6,8-9H2,1H3. The van der Waals surface area contributed by atoms with Gasteiger partial charge in [0.1, 0.15) is 0 Å². The Morgan fingerprint density at radius 2 is 2.35 bits per heavy atom. The summed E-state index contributed by atoms with van der Waals surface area (Å²) in [7, 11) is 0. The van der Waals surface area contributed by atoms with E-state index in [0.29, 0.717) is 24.8 Å². The summed E-state index contributed by atoms with van der Waals surface area (Å²) in [5, 5.41) is 14.0. The second-order valence-corrected chi connectivity index (χ2v) is 6.40. The van der Waals surface area contributed by atoms with Crippen LogP contribution >= 0.6 is 15.9 Å². The summed E-state index contributed by atoms with van der Waals surface area (Å²) in [6.07, 6.45) is 0.777. The zero-order valence-corrected chi connectivity index (χ0v) is 12.8. The van der Waals surface area contributed by atoms with Crippen molar-refractivity contribution in [3.63, 3.8) is 0 Å². The van der Waals surface area contributed by atoms with Gasteiger partial charge < -0.3 is 9.63 Å². The van der Waals surface area contributed by atoms with E-state index >= 15 is 0 Å². The van der Waals surface area contributed by atoms with E-state index in [4.69, 9.17) is 4.52 Å². The van der Waals surface area contributed by atoms with Crippen molar-refractivity contribution < 1.29 is 9.63 Å². The Morgan fingerprint density at radius 3 is 3.05 bits per heavy atom. The Labute approximate surface area is 125 Å². The normalized spacial score (nSPS) is 23.4. The maximum Gasteiger partial charge on any atom is 0.241 e. The first kappa shape index (κ1) is 13.7. The molecule has 1 unspecified atom stereocenters. The van der Waals surface area contributed by atoms with Gasteiger partial charge in [-0.2, -0.15) is 4.98 Å². The second kappa shape index (κ2) is 5.27. The molecule has 1 aliphatic heterocycles. The molecule has 1 N–H and O–H groups in total. The average Bonchev–Trinajstić information content (AvgIpc) is 2.97. The molecule has 2 heterocycles. The number of likely N-dealkylation sites (tertiary alicyclic amines) is 1. The quantitative estimate of drug-likeness (QED) is 0.932. The maximum absolute atomic E-state index is 9.94. The SMILES string of the molecule is CC1(O)CCN(Cc2nc(-c3cccc(Br)c3)no2)C1. The Balaban J connectivity index is 1.71. The summed E-state index contributed by atoms with van der Waals surface area (Å²) >= 11 is 3.43. The van der Waals surface area contributed by atoms with Gasteiger partial charge in [0, 0.05) is 23.1 Å². The Hall–Kier alpha value is -1.24. The highest BCUT2D eigenvalue weighted by molar-refractivity contribution is 9.10. The molecule has 0 spiro atoms. The van der Waals surface area contributed by atoms with Crippen LogP contribution in [0, 0.1) is 0 Å². The van der Waals surface area contributed by atoms with Gasteiger partial charge >= 0.3 is 0 Å². The first-order valence-corrected chi connectivity index (χ1v) is 7.34. The topological polar surface area (TPSA) is 62.4 Å². The van der Waals surface area contributed by atoms with E-state index < -0.39 is 5.60 Å². The molecule has 1 saturated heterocycles. The molecule has 20 heavy (non-hydrogen) atoms. The summed E-state index contributed by atoms with van der Waals surface area (Å²) in [5.74, 6) is 1.17. The number of benzene rings is 1. The Morgan fingerprint density at radius 1 is 1.50 bits per heavy atom. The predicted molar refractivity (Wildman–Crippen MR) is 78.0 cm³/mol. The molecule has 1 aliphatic rings. The fourth-order valence-corrected chi connectivity index (χ4v) is 2.83. The van der Waals surface area contributed by atoms with Crippen molar-refractivity contribution in [3.05, 3.63) is 34.6 Å². The van der Waals surface area contributed by atoms with Crippen LogP contribution in [0.25, 0.3) is 11.4 Å². The number of nitrogens with zero attached hydrogens (tertiary/aromatic N) is 3. The van der Waals surface area contributed by atoms with Crippen molar-refractivity contribution in [3.8, 4) is 11.4 Å². The molecule has 5 nitrogen and oxygen atoms in total. The Kier molecular flexibility index (Phi) is 3.62. The van der Waals surface area contributed by atoms with Crippen LogP contribution in [0.5, 0.6) is 0 Å². The average molecular weight is 338 g/mol. The van der Waals surface area contributed by atoms with Crippen LogP contribution in [0.15, 0.2) is 33.3 Å². The molecule has 1 fully saturated rings. The molecule has 3 rings (SSSR count). The summed E-state index contributed by atoms with van der Waals surface area (Å²) in [6, 6.07) is 7.79. The van der Waals surface area contributed by atoms with Gasteiger partial charge in [-0.25, -0.2) is 0 Å². The lowest BCUT2D eigenvalue weighted by Crippen LogP contribution is -2.29. The molecular formula is C14H16BrN3O2. The summed E-state index contributed by atoms with van der Waals surface area (Å²) in [4.78, 5) is 6.53. The first-order chi connectivity index (χ1) is 9.52. The van der Waals surface area contributed by atoms with Crippen molar-refractivity contribution in [2.75, 3.05) is 13.1 Å². The van der Waals surface area contributed by atoms with Gasteiger partial charge in [-0.3, -0.25) is 4.90 Å². The minimum absolute atomic E-state index is 0.581. The van der Waals surface area contributed by atoms with Gasteiger partial charge in [0.05, 0.1) is 12.1 Å². The first-order valence-electron chi connectivity index (χ1n) is 6.55. The van der Waals surface area contributed by atoms with Crippen molar-refractivity contribution in [2.24, 2.45) is 0 Å². The van der Waals surface area contributed by atoms with Gasteiger partial charge in [0.2, 0.25) is 11.7 Å². The molecule has 1 atom stereocenters. The molecule has 0 bridgehead atoms. The van der Waals surface area contributed by atoms with Crippen LogP contribution in [0.1, 0.15) is 19.2 Å². The fourth-order valence-electron chi connectivity index (χ4n) is 2.43. The monoisotopic (exact) mass is 337 g/mol. The zero-order valence-electron chi connectivity index (χ0n) is 11.2. The number of aliphatic hydroxyl groups is 1. The predicted octanol–water partition coefficient (Wildman–Crippen LogP) is 2.46. The molecule has 0 amide bonds. The van der Waals surface area contributed by atoms with Gasteiger partial charge in [-0.15, -0.1) is 0 Å². The second-order valence-electron chi connectivity index (χ2n) is 5.48. The van der Waals surface area contributed by atoms with Gasteiger partial charge in [-0.1, -0.05) is 33.2 Å². The van der Waals surface area contributed by atoms with Crippen molar-refractivity contribution in [1.82, 2.24) is 15.0 Å². The third-order valence-electron chi connectivity index (χ3n) is 3.44. The number of hydrogen-bond acceptors (Lipinski definition) is 5. The van der Waals surface area contributed by atoms with Crippen molar-refractivity contribution in [2.45, 2.75) is 25.5 Å². The molecule has 2 aromatic rings. The highest BCUT2D eigenvalue weighted by atomic mass is 79.9. The number of β-amino-alcohol motifs (C(OH)–C–C–N with tert-alkyl or cyclic N) is 1. The third kappa shape index (κ3) is 3.08. The van der Waals surface area contributed by atoms with Crippen LogP contribution in [0.3, 0.4) is 0 Å².